The van der Waals surface area contributed by atoms with Crippen molar-refractivity contribution in [3.63, 3.8) is 0 Å². The van der Waals surface area contributed by atoms with Gasteiger partial charge >= 0.3 is 0 Å². The zero-order valence-electron chi connectivity index (χ0n) is 9.70. The molecule has 98 valence electrons. The topological polar surface area (TPSA) is 26.3 Å². The zero-order valence-corrected chi connectivity index (χ0v) is 11.3. The van der Waals surface area contributed by atoms with Crippen molar-refractivity contribution >= 4 is 21.7 Å². The number of carbonyl (C=O) groups excluding carboxylic acids is 1. The molecular weight excluding hydrogens is 318 g/mol. The Kier molecular flexibility index (Phi) is 4.27. The molecule has 0 fully saturated rings. The molecule has 0 N–H and O–H groups in total. The Morgan fingerprint density at radius 3 is 2.42 bits per heavy atom. The minimum atomic E-state index is -0.885. The van der Waals surface area contributed by atoms with Gasteiger partial charge in [-0.15, -0.1) is 0 Å². The van der Waals surface area contributed by atoms with Gasteiger partial charge in [-0.2, -0.15) is 0 Å². The maximum atomic E-state index is 13.4. The fraction of sp³-hybridized carbons (Fsp3) is 0.0714. The molecule has 2 nitrogen and oxygen atoms in total. The lowest BCUT2D eigenvalue weighted by Crippen LogP contribution is -2.13. The third-order valence-electron chi connectivity index (χ3n) is 2.42. The number of Topliss-reactive ketones (excluding diaryl/α,β-unsaturated/α-hetero) is 1. The number of rotatable bonds is 4. The molecule has 0 aliphatic carbocycles. The van der Waals surface area contributed by atoms with Crippen molar-refractivity contribution in [1.82, 2.24) is 0 Å². The van der Waals surface area contributed by atoms with Crippen LogP contribution in [0.4, 0.5) is 8.78 Å². The van der Waals surface area contributed by atoms with Crippen LogP contribution in [0.5, 0.6) is 5.75 Å². The first-order chi connectivity index (χ1) is 9.06. The van der Waals surface area contributed by atoms with Crippen molar-refractivity contribution in [1.29, 1.82) is 0 Å². The quantitative estimate of drug-likeness (QED) is 0.794. The van der Waals surface area contributed by atoms with Crippen LogP contribution in [0.15, 0.2) is 46.9 Å². The van der Waals surface area contributed by atoms with Crippen molar-refractivity contribution in [2.24, 2.45) is 0 Å². The molecule has 2 aromatic rings. The molecule has 0 heterocycles. The number of ketones is 1. The van der Waals surface area contributed by atoms with Crippen molar-refractivity contribution in [3.8, 4) is 5.75 Å². The monoisotopic (exact) mass is 326 g/mol. The van der Waals surface area contributed by atoms with E-state index in [9.17, 15) is 13.6 Å². The Morgan fingerprint density at radius 2 is 1.79 bits per heavy atom. The predicted molar refractivity (Wildman–Crippen MR) is 70.3 cm³/mol. The zero-order chi connectivity index (χ0) is 13.8. The van der Waals surface area contributed by atoms with Gasteiger partial charge < -0.3 is 4.74 Å². The number of benzene rings is 2. The Bertz CT molecular complexity index is 597. The van der Waals surface area contributed by atoms with Crippen molar-refractivity contribution in [3.05, 3.63) is 64.1 Å². The van der Waals surface area contributed by atoms with Gasteiger partial charge in [-0.25, -0.2) is 8.78 Å². The van der Waals surface area contributed by atoms with E-state index in [1.54, 1.807) is 24.3 Å². The lowest BCUT2D eigenvalue weighted by molar-refractivity contribution is 0.0917. The summed E-state index contributed by atoms with van der Waals surface area (Å²) in [6.45, 7) is -0.301. The van der Waals surface area contributed by atoms with Gasteiger partial charge in [0.1, 0.15) is 17.4 Å². The van der Waals surface area contributed by atoms with Crippen LogP contribution in [0.2, 0.25) is 0 Å². The Labute approximate surface area is 117 Å². The smallest absolute Gasteiger partial charge is 0.203 e. The van der Waals surface area contributed by atoms with Gasteiger partial charge in [-0.05, 0) is 36.4 Å². The molecule has 0 aliphatic heterocycles. The fourth-order valence-electron chi connectivity index (χ4n) is 1.47. The molecule has 0 spiro atoms. The maximum Gasteiger partial charge on any atom is 0.203 e. The lowest BCUT2D eigenvalue weighted by Gasteiger charge is -2.06. The molecular formula is C14H9BrF2O2. The maximum absolute atomic E-state index is 13.4. The van der Waals surface area contributed by atoms with E-state index in [4.69, 9.17) is 4.74 Å². The Balaban J connectivity index is 2.03. The summed E-state index contributed by atoms with van der Waals surface area (Å²) in [5.41, 5.74) is -0.182. The summed E-state index contributed by atoms with van der Waals surface area (Å²) in [7, 11) is 0. The van der Waals surface area contributed by atoms with Crippen LogP contribution in [-0.4, -0.2) is 12.4 Å². The summed E-state index contributed by atoms with van der Waals surface area (Å²) < 4.78 is 32.2. The van der Waals surface area contributed by atoms with Gasteiger partial charge in [-0.1, -0.05) is 15.9 Å². The lowest BCUT2D eigenvalue weighted by atomic mass is 10.1. The number of hydrogen-bond acceptors (Lipinski definition) is 2. The number of ether oxygens (including phenoxy) is 1. The molecule has 0 bridgehead atoms. The number of halogens is 3. The second kappa shape index (κ2) is 5.93. The molecule has 0 radical (unpaired) electrons. The normalized spacial score (nSPS) is 10.3. The average Bonchev–Trinajstić information content (AvgIpc) is 2.37. The molecule has 0 aromatic heterocycles. The van der Waals surface area contributed by atoms with Crippen molar-refractivity contribution in [2.75, 3.05) is 6.61 Å². The number of carbonyl (C=O) groups is 1. The van der Waals surface area contributed by atoms with Gasteiger partial charge in [0.05, 0.1) is 5.56 Å². The summed E-state index contributed by atoms with van der Waals surface area (Å²) >= 11 is 3.27. The molecule has 0 saturated carbocycles. The van der Waals surface area contributed by atoms with Gasteiger partial charge in [-0.3, -0.25) is 4.79 Å². The summed E-state index contributed by atoms with van der Waals surface area (Å²) in [5.74, 6) is -1.65. The van der Waals surface area contributed by atoms with E-state index in [1.807, 2.05) is 0 Å². The summed E-state index contributed by atoms with van der Waals surface area (Å²) in [6, 6.07) is 9.70. The first-order valence-corrected chi connectivity index (χ1v) is 6.22. The van der Waals surface area contributed by atoms with Crippen LogP contribution in [0, 0.1) is 11.6 Å². The van der Waals surface area contributed by atoms with E-state index in [1.165, 1.54) is 0 Å². The molecule has 0 atom stereocenters. The second-order valence-corrected chi connectivity index (χ2v) is 4.71. The van der Waals surface area contributed by atoms with Crippen LogP contribution >= 0.6 is 15.9 Å². The van der Waals surface area contributed by atoms with Crippen LogP contribution in [0.1, 0.15) is 10.4 Å². The van der Waals surface area contributed by atoms with Crippen LogP contribution in [-0.2, 0) is 0 Å². The molecule has 2 rings (SSSR count). The van der Waals surface area contributed by atoms with Crippen molar-refractivity contribution in [2.45, 2.75) is 0 Å². The van der Waals surface area contributed by atoms with Gasteiger partial charge in [0, 0.05) is 10.5 Å². The minimum Gasteiger partial charge on any atom is -0.485 e. The average molecular weight is 327 g/mol. The summed E-state index contributed by atoms with van der Waals surface area (Å²) in [6.07, 6.45) is 0. The van der Waals surface area contributed by atoms with Crippen LogP contribution in [0.25, 0.3) is 0 Å². The van der Waals surface area contributed by atoms with Crippen molar-refractivity contribution < 1.29 is 18.3 Å². The third-order valence-corrected chi connectivity index (χ3v) is 2.94. The minimum absolute atomic E-state index is 0.182. The fourth-order valence-corrected chi connectivity index (χ4v) is 1.74. The summed E-state index contributed by atoms with van der Waals surface area (Å²) in [5, 5.41) is 0. The highest BCUT2D eigenvalue weighted by atomic mass is 79.9. The molecule has 0 unspecified atom stereocenters. The van der Waals surface area contributed by atoms with E-state index in [0.717, 1.165) is 16.6 Å². The Hall–Kier alpha value is -1.75. The Morgan fingerprint density at radius 1 is 1.11 bits per heavy atom. The molecule has 5 heteroatoms. The third kappa shape index (κ3) is 3.61. The van der Waals surface area contributed by atoms with E-state index in [-0.39, 0.29) is 12.2 Å². The largest absolute Gasteiger partial charge is 0.485 e. The van der Waals surface area contributed by atoms with Gasteiger partial charge in [0.2, 0.25) is 5.78 Å². The van der Waals surface area contributed by atoms with E-state index in [0.29, 0.717) is 11.8 Å². The molecule has 0 saturated heterocycles. The van der Waals surface area contributed by atoms with Gasteiger partial charge in [0.25, 0.3) is 0 Å². The highest BCUT2D eigenvalue weighted by molar-refractivity contribution is 9.10. The highest BCUT2D eigenvalue weighted by Gasteiger charge is 2.13. The van der Waals surface area contributed by atoms with E-state index < -0.39 is 17.4 Å². The molecule has 19 heavy (non-hydrogen) atoms. The molecule has 0 aliphatic rings. The van der Waals surface area contributed by atoms with E-state index >= 15 is 0 Å². The van der Waals surface area contributed by atoms with E-state index in [2.05, 4.69) is 15.9 Å². The van der Waals surface area contributed by atoms with Crippen LogP contribution < -0.4 is 4.74 Å². The number of hydrogen-bond donors (Lipinski definition) is 0. The SMILES string of the molecule is O=C(COc1ccc(Br)cc1)c1ccc(F)cc1F. The molecule has 0 amide bonds. The second-order valence-electron chi connectivity index (χ2n) is 3.79. The predicted octanol–water partition coefficient (Wildman–Crippen LogP) is 3.99. The standard InChI is InChI=1S/C14H9BrF2O2/c15-9-1-4-11(5-2-9)19-8-14(18)12-6-3-10(16)7-13(12)17/h1-7H,8H2. The first-order valence-electron chi connectivity index (χ1n) is 5.43. The summed E-state index contributed by atoms with van der Waals surface area (Å²) in [4.78, 5) is 11.7. The molecule has 2 aromatic carbocycles. The first kappa shape index (κ1) is 13.7. The van der Waals surface area contributed by atoms with Gasteiger partial charge in [0.15, 0.2) is 6.61 Å². The van der Waals surface area contributed by atoms with Crippen LogP contribution in [0.3, 0.4) is 0 Å². The highest BCUT2D eigenvalue weighted by Crippen LogP contribution is 2.17.